The lowest BCUT2D eigenvalue weighted by atomic mass is 10.2. The molecule has 0 heterocycles. The fourth-order valence-electron chi connectivity index (χ4n) is 1.55. The van der Waals surface area contributed by atoms with Crippen molar-refractivity contribution in [2.45, 2.75) is 6.61 Å². The molecule has 0 saturated carbocycles. The van der Waals surface area contributed by atoms with Crippen LogP contribution in [0.2, 0.25) is 0 Å². The number of hydrogen-bond acceptors (Lipinski definition) is 4. The number of benzene rings is 2. The topological polar surface area (TPSA) is 58.6 Å². The van der Waals surface area contributed by atoms with Crippen LogP contribution in [0.3, 0.4) is 0 Å². The van der Waals surface area contributed by atoms with Crippen LogP contribution in [-0.4, -0.2) is 17.6 Å². The molecule has 4 nitrogen and oxygen atoms in total. The second-order valence-electron chi connectivity index (χ2n) is 4.19. The first-order valence-electron chi connectivity index (χ1n) is 6.06. The minimum atomic E-state index is -0.332. The molecule has 0 saturated heterocycles. The molecule has 0 atom stereocenters. The van der Waals surface area contributed by atoms with E-state index in [-0.39, 0.29) is 24.9 Å². The monoisotopic (exact) mass is 335 g/mol. The van der Waals surface area contributed by atoms with Gasteiger partial charge in [-0.05, 0) is 42.0 Å². The summed E-state index contributed by atoms with van der Waals surface area (Å²) in [6.07, 6.45) is 0. The zero-order valence-electron chi connectivity index (χ0n) is 10.7. The van der Waals surface area contributed by atoms with Crippen LogP contribution < -0.4 is 5.32 Å². The number of hydrogen-bond donors (Lipinski definition) is 2. The SMILES string of the molecule is O=C(CNc1ccc(O)cc1)OCc1ccc(Br)cc1. The Morgan fingerprint density at radius 1 is 1.10 bits per heavy atom. The number of carbonyl (C=O) groups excluding carboxylic acids is 1. The van der Waals surface area contributed by atoms with Crippen molar-refractivity contribution in [3.8, 4) is 5.75 Å². The Morgan fingerprint density at radius 2 is 1.75 bits per heavy atom. The Morgan fingerprint density at radius 3 is 2.40 bits per heavy atom. The number of carbonyl (C=O) groups is 1. The molecule has 2 N–H and O–H groups in total. The number of rotatable bonds is 5. The first kappa shape index (κ1) is 14.4. The molecule has 0 aliphatic heterocycles. The second-order valence-corrected chi connectivity index (χ2v) is 5.10. The Kier molecular flexibility index (Phi) is 5.01. The van der Waals surface area contributed by atoms with Crippen molar-refractivity contribution in [2.24, 2.45) is 0 Å². The fraction of sp³-hybridized carbons (Fsp3) is 0.133. The van der Waals surface area contributed by atoms with Crippen molar-refractivity contribution < 1.29 is 14.6 Å². The summed E-state index contributed by atoms with van der Waals surface area (Å²) in [5.74, 6) is -0.144. The standard InChI is InChI=1S/C15H14BrNO3/c16-12-3-1-11(2-4-12)10-20-15(19)9-17-13-5-7-14(18)8-6-13/h1-8,17-18H,9-10H2. The number of esters is 1. The molecule has 0 aliphatic rings. The molecule has 0 radical (unpaired) electrons. The van der Waals surface area contributed by atoms with E-state index in [1.807, 2.05) is 24.3 Å². The lowest BCUT2D eigenvalue weighted by molar-refractivity contribution is -0.142. The predicted octanol–water partition coefficient (Wildman–Crippen LogP) is 3.31. The first-order valence-corrected chi connectivity index (χ1v) is 6.86. The summed E-state index contributed by atoms with van der Waals surface area (Å²) < 4.78 is 6.13. The Balaban J connectivity index is 1.75. The number of anilines is 1. The van der Waals surface area contributed by atoms with Gasteiger partial charge in [0.25, 0.3) is 0 Å². The molecule has 2 rings (SSSR count). The van der Waals surface area contributed by atoms with E-state index in [0.717, 1.165) is 15.7 Å². The van der Waals surface area contributed by atoms with Gasteiger partial charge in [-0.15, -0.1) is 0 Å². The van der Waals surface area contributed by atoms with Crippen molar-refractivity contribution in [1.82, 2.24) is 0 Å². The van der Waals surface area contributed by atoms with Crippen molar-refractivity contribution in [3.05, 3.63) is 58.6 Å². The van der Waals surface area contributed by atoms with Crippen molar-refractivity contribution >= 4 is 27.6 Å². The second kappa shape index (κ2) is 6.96. The Bertz CT molecular complexity index is 515. The Labute approximate surface area is 125 Å². The predicted molar refractivity (Wildman–Crippen MR) is 80.5 cm³/mol. The maximum absolute atomic E-state index is 11.6. The molecule has 2 aromatic carbocycles. The summed E-state index contributed by atoms with van der Waals surface area (Å²) in [4.78, 5) is 11.6. The van der Waals surface area contributed by atoms with Gasteiger partial charge in [-0.3, -0.25) is 4.79 Å². The van der Waals surface area contributed by atoms with E-state index < -0.39 is 0 Å². The minimum Gasteiger partial charge on any atom is -0.508 e. The van der Waals surface area contributed by atoms with Crippen LogP contribution >= 0.6 is 15.9 Å². The van der Waals surface area contributed by atoms with Crippen molar-refractivity contribution in [3.63, 3.8) is 0 Å². The minimum absolute atomic E-state index is 0.0846. The van der Waals surface area contributed by atoms with Crippen LogP contribution in [0.15, 0.2) is 53.0 Å². The first-order chi connectivity index (χ1) is 9.63. The van der Waals surface area contributed by atoms with Crippen molar-refractivity contribution in [2.75, 3.05) is 11.9 Å². The summed E-state index contributed by atoms with van der Waals surface area (Å²) >= 11 is 3.35. The number of phenolic OH excluding ortho intramolecular Hbond substituents is 1. The fourth-order valence-corrected chi connectivity index (χ4v) is 1.81. The maximum atomic E-state index is 11.6. The van der Waals surface area contributed by atoms with Crippen LogP contribution in [0.4, 0.5) is 5.69 Å². The lowest BCUT2D eigenvalue weighted by Gasteiger charge is -2.07. The lowest BCUT2D eigenvalue weighted by Crippen LogP contribution is -2.16. The zero-order valence-corrected chi connectivity index (χ0v) is 12.3. The van der Waals surface area contributed by atoms with Crippen LogP contribution in [0.25, 0.3) is 0 Å². The smallest absolute Gasteiger partial charge is 0.325 e. The summed E-state index contributed by atoms with van der Waals surface area (Å²) in [5.41, 5.74) is 1.69. The number of halogens is 1. The molecule has 20 heavy (non-hydrogen) atoms. The number of nitrogens with one attached hydrogen (secondary N) is 1. The summed E-state index contributed by atoms with van der Waals surface area (Å²) in [7, 11) is 0. The molecular formula is C15H14BrNO3. The molecule has 0 spiro atoms. The molecule has 5 heteroatoms. The van der Waals surface area contributed by atoms with Crippen molar-refractivity contribution in [1.29, 1.82) is 0 Å². The molecule has 2 aromatic rings. The van der Waals surface area contributed by atoms with Crippen LogP contribution in [0.1, 0.15) is 5.56 Å². The number of aromatic hydroxyl groups is 1. The van der Waals surface area contributed by atoms with Gasteiger partial charge in [0.05, 0.1) is 0 Å². The molecule has 0 fully saturated rings. The third-order valence-corrected chi connectivity index (χ3v) is 3.15. The van der Waals surface area contributed by atoms with Gasteiger partial charge in [0.15, 0.2) is 0 Å². The highest BCUT2D eigenvalue weighted by Gasteiger charge is 2.03. The van der Waals surface area contributed by atoms with E-state index in [1.165, 1.54) is 0 Å². The molecule has 0 unspecified atom stereocenters. The summed E-state index contributed by atoms with van der Waals surface area (Å²) in [6.45, 7) is 0.338. The molecular weight excluding hydrogens is 322 g/mol. The van der Waals surface area contributed by atoms with E-state index in [1.54, 1.807) is 24.3 Å². The molecule has 0 aromatic heterocycles. The van der Waals surface area contributed by atoms with E-state index in [0.29, 0.717) is 0 Å². The summed E-state index contributed by atoms with van der Waals surface area (Å²) in [5, 5.41) is 12.1. The van der Waals surface area contributed by atoms with E-state index >= 15 is 0 Å². The average molecular weight is 336 g/mol. The summed E-state index contributed by atoms with van der Waals surface area (Å²) in [6, 6.07) is 14.1. The third-order valence-electron chi connectivity index (χ3n) is 2.62. The number of ether oxygens (including phenoxy) is 1. The van der Waals surface area contributed by atoms with Gasteiger partial charge >= 0.3 is 5.97 Å². The van der Waals surface area contributed by atoms with Crippen LogP contribution in [0.5, 0.6) is 5.75 Å². The van der Waals surface area contributed by atoms with Crippen LogP contribution in [0, 0.1) is 0 Å². The maximum Gasteiger partial charge on any atom is 0.325 e. The third kappa shape index (κ3) is 4.59. The van der Waals surface area contributed by atoms with Gasteiger partial charge < -0.3 is 15.2 Å². The highest BCUT2D eigenvalue weighted by atomic mass is 79.9. The van der Waals surface area contributed by atoms with Gasteiger partial charge in [0.2, 0.25) is 0 Å². The average Bonchev–Trinajstić information content (AvgIpc) is 2.46. The number of phenols is 1. The van der Waals surface area contributed by atoms with Gasteiger partial charge in [-0.1, -0.05) is 28.1 Å². The molecule has 0 amide bonds. The van der Waals surface area contributed by atoms with Gasteiger partial charge in [-0.25, -0.2) is 0 Å². The molecule has 0 bridgehead atoms. The molecule has 104 valence electrons. The van der Waals surface area contributed by atoms with Gasteiger partial charge in [-0.2, -0.15) is 0 Å². The largest absolute Gasteiger partial charge is 0.508 e. The van der Waals surface area contributed by atoms with E-state index in [9.17, 15) is 4.79 Å². The zero-order chi connectivity index (χ0) is 14.4. The highest BCUT2D eigenvalue weighted by molar-refractivity contribution is 9.10. The molecule has 0 aliphatic carbocycles. The normalized spacial score (nSPS) is 10.1. The van der Waals surface area contributed by atoms with Gasteiger partial charge in [0.1, 0.15) is 18.9 Å². The highest BCUT2D eigenvalue weighted by Crippen LogP contribution is 2.14. The quantitative estimate of drug-likeness (QED) is 0.650. The van der Waals surface area contributed by atoms with Crippen LogP contribution in [-0.2, 0) is 16.1 Å². The Hall–Kier alpha value is -2.01. The van der Waals surface area contributed by atoms with Gasteiger partial charge in [0, 0.05) is 10.2 Å². The van der Waals surface area contributed by atoms with E-state index in [2.05, 4.69) is 21.2 Å². The van der Waals surface area contributed by atoms with E-state index in [4.69, 9.17) is 9.84 Å².